The third-order valence-corrected chi connectivity index (χ3v) is 2.51. The molecule has 1 aromatic heterocycles. The van der Waals surface area contributed by atoms with Gasteiger partial charge in [0.2, 0.25) is 0 Å². The van der Waals surface area contributed by atoms with Crippen LogP contribution in [0.2, 0.25) is 5.15 Å². The van der Waals surface area contributed by atoms with E-state index in [0.29, 0.717) is 10.9 Å². The van der Waals surface area contributed by atoms with E-state index in [-0.39, 0.29) is 12.0 Å². The molecule has 1 unspecified atom stereocenters. The maximum absolute atomic E-state index is 8.64. The van der Waals surface area contributed by atoms with Crippen LogP contribution in [0.5, 0.6) is 0 Å². The molecule has 0 saturated heterocycles. The summed E-state index contributed by atoms with van der Waals surface area (Å²) in [5, 5.41) is 12.1. The minimum atomic E-state index is 0.0121. The summed E-state index contributed by atoms with van der Waals surface area (Å²) in [5.41, 5.74) is 1.69. The van der Waals surface area contributed by atoms with Gasteiger partial charge in [0.15, 0.2) is 0 Å². The molecule has 0 aliphatic heterocycles. The fourth-order valence-corrected chi connectivity index (χ4v) is 1.54. The zero-order valence-corrected chi connectivity index (χ0v) is 10.9. The topological polar surface area (TPSA) is 57.8 Å². The number of hydrogen-bond acceptors (Lipinski definition) is 4. The minimum Gasteiger partial charge on any atom is -0.411 e. The Hall–Kier alpha value is -1.42. The van der Waals surface area contributed by atoms with Gasteiger partial charge in [0.25, 0.3) is 0 Å². The first-order valence-corrected chi connectivity index (χ1v) is 5.79. The van der Waals surface area contributed by atoms with Crippen molar-refractivity contribution in [3.8, 4) is 0 Å². The first-order chi connectivity index (χ1) is 8.04. The maximum atomic E-state index is 8.64. The summed E-state index contributed by atoms with van der Waals surface area (Å²) in [6.45, 7) is 5.92. The molecule has 1 aromatic rings. The van der Waals surface area contributed by atoms with E-state index in [4.69, 9.17) is 16.8 Å². The van der Waals surface area contributed by atoms with Gasteiger partial charge >= 0.3 is 0 Å². The normalized spacial score (nSPS) is 14.5. The summed E-state index contributed by atoms with van der Waals surface area (Å²) in [7, 11) is 0. The highest BCUT2D eigenvalue weighted by atomic mass is 35.5. The molecule has 1 rings (SSSR count). The van der Waals surface area contributed by atoms with Crippen LogP contribution in [-0.2, 0) is 0 Å². The van der Waals surface area contributed by atoms with E-state index >= 15 is 0 Å². The van der Waals surface area contributed by atoms with Gasteiger partial charge in [0.05, 0.1) is 11.9 Å². The fourth-order valence-electron chi connectivity index (χ4n) is 1.43. The van der Waals surface area contributed by atoms with Crippen LogP contribution in [0.15, 0.2) is 28.5 Å². The van der Waals surface area contributed by atoms with Crippen LogP contribution in [0, 0.1) is 0 Å². The molecule has 0 aliphatic rings. The van der Waals surface area contributed by atoms with Crippen molar-refractivity contribution >= 4 is 23.5 Å². The summed E-state index contributed by atoms with van der Waals surface area (Å²) < 4.78 is 0. The maximum Gasteiger partial charge on any atom is 0.129 e. The van der Waals surface area contributed by atoms with Gasteiger partial charge in [-0.1, -0.05) is 29.7 Å². The molecule has 0 bridgehead atoms. The Bertz CT molecular complexity index is 412. The Labute approximate surface area is 106 Å². The van der Waals surface area contributed by atoms with E-state index in [1.165, 1.54) is 6.21 Å². The first-order valence-electron chi connectivity index (χ1n) is 5.41. The molecule has 0 aromatic carbocycles. The van der Waals surface area contributed by atoms with Crippen molar-refractivity contribution in [1.82, 2.24) is 4.98 Å². The lowest BCUT2D eigenvalue weighted by Crippen LogP contribution is -2.13. The van der Waals surface area contributed by atoms with Crippen molar-refractivity contribution in [2.24, 2.45) is 10.1 Å². The smallest absolute Gasteiger partial charge is 0.129 e. The van der Waals surface area contributed by atoms with Crippen molar-refractivity contribution in [1.29, 1.82) is 0 Å². The summed E-state index contributed by atoms with van der Waals surface area (Å²) >= 11 is 5.73. The first kappa shape index (κ1) is 13.6. The van der Waals surface area contributed by atoms with Crippen LogP contribution in [-0.4, -0.2) is 28.2 Å². The molecular weight excluding hydrogens is 238 g/mol. The molecule has 0 radical (unpaired) electrons. The van der Waals surface area contributed by atoms with E-state index in [0.717, 1.165) is 5.56 Å². The van der Waals surface area contributed by atoms with E-state index in [1.807, 2.05) is 26.8 Å². The Kier molecular flexibility index (Phi) is 5.10. The Morgan fingerprint density at radius 3 is 2.59 bits per heavy atom. The average molecular weight is 254 g/mol. The highest BCUT2D eigenvalue weighted by Gasteiger charge is 2.12. The molecule has 0 saturated carbocycles. The van der Waals surface area contributed by atoms with Gasteiger partial charge in [-0.05, 0) is 25.5 Å². The zero-order chi connectivity index (χ0) is 12.8. The van der Waals surface area contributed by atoms with E-state index in [2.05, 4.69) is 15.1 Å². The van der Waals surface area contributed by atoms with Gasteiger partial charge < -0.3 is 5.21 Å². The van der Waals surface area contributed by atoms with Crippen LogP contribution in [0.1, 0.15) is 32.3 Å². The van der Waals surface area contributed by atoms with Crippen LogP contribution in [0.4, 0.5) is 0 Å². The van der Waals surface area contributed by atoms with Crippen LogP contribution < -0.4 is 0 Å². The second kappa shape index (κ2) is 6.35. The van der Waals surface area contributed by atoms with Crippen molar-refractivity contribution < 1.29 is 5.21 Å². The second-order valence-electron chi connectivity index (χ2n) is 4.03. The predicted octanol–water partition coefficient (Wildman–Crippen LogP) is 3.15. The van der Waals surface area contributed by atoms with E-state index in [9.17, 15) is 0 Å². The minimum absolute atomic E-state index is 0.0121. The molecule has 17 heavy (non-hydrogen) atoms. The molecular formula is C12H16ClN3O. The van der Waals surface area contributed by atoms with E-state index < -0.39 is 0 Å². The molecule has 4 nitrogen and oxygen atoms in total. The third-order valence-electron chi connectivity index (χ3n) is 2.29. The number of halogens is 1. The second-order valence-corrected chi connectivity index (χ2v) is 4.42. The molecule has 0 amide bonds. The van der Waals surface area contributed by atoms with Crippen molar-refractivity contribution in [3.05, 3.63) is 29.0 Å². The predicted molar refractivity (Wildman–Crippen MR) is 70.5 cm³/mol. The molecule has 1 heterocycles. The highest BCUT2D eigenvalue weighted by Crippen LogP contribution is 2.17. The van der Waals surface area contributed by atoms with Crippen LogP contribution in [0.3, 0.4) is 0 Å². The van der Waals surface area contributed by atoms with Crippen LogP contribution in [0.25, 0.3) is 0 Å². The third kappa shape index (κ3) is 4.15. The van der Waals surface area contributed by atoms with Gasteiger partial charge in [0.1, 0.15) is 5.15 Å². The number of oxime groups is 1. The lowest BCUT2D eigenvalue weighted by molar-refractivity contribution is 0.322. The molecule has 0 aliphatic carbocycles. The van der Waals surface area contributed by atoms with Gasteiger partial charge in [-0.2, -0.15) is 0 Å². The molecule has 0 spiro atoms. The van der Waals surface area contributed by atoms with Crippen molar-refractivity contribution in [2.45, 2.75) is 32.7 Å². The van der Waals surface area contributed by atoms with Gasteiger partial charge in [-0.3, -0.25) is 4.99 Å². The quantitative estimate of drug-likeness (QED) is 0.388. The number of pyridine rings is 1. The van der Waals surface area contributed by atoms with Crippen molar-refractivity contribution in [3.63, 3.8) is 0 Å². The number of nitrogens with zero attached hydrogens (tertiary/aromatic N) is 3. The molecule has 5 heteroatoms. The Morgan fingerprint density at radius 1 is 1.41 bits per heavy atom. The molecule has 1 atom stereocenters. The summed E-state index contributed by atoms with van der Waals surface area (Å²) in [6.07, 6.45) is 3.06. The number of aromatic nitrogens is 1. The highest BCUT2D eigenvalue weighted by molar-refractivity contribution is 6.33. The van der Waals surface area contributed by atoms with Gasteiger partial charge in [0, 0.05) is 18.2 Å². The van der Waals surface area contributed by atoms with E-state index in [1.54, 1.807) is 12.3 Å². The summed E-state index contributed by atoms with van der Waals surface area (Å²) in [6, 6.07) is 3.77. The summed E-state index contributed by atoms with van der Waals surface area (Å²) in [4.78, 5) is 8.44. The number of rotatable bonds is 4. The average Bonchev–Trinajstić information content (AvgIpc) is 2.28. The lowest BCUT2D eigenvalue weighted by Gasteiger charge is -2.12. The van der Waals surface area contributed by atoms with Gasteiger partial charge in [-0.15, -0.1) is 0 Å². The Balaban J connectivity index is 2.99. The monoisotopic (exact) mass is 253 g/mol. The SMILES string of the molecule is CC(C)N=C(C=NO)C(C)c1ccc(Cl)nc1. The molecule has 0 fully saturated rings. The largest absolute Gasteiger partial charge is 0.411 e. The summed E-state index contributed by atoms with van der Waals surface area (Å²) in [5.74, 6) is 0.0121. The molecule has 92 valence electrons. The van der Waals surface area contributed by atoms with Crippen LogP contribution >= 0.6 is 11.6 Å². The standard InChI is InChI=1S/C12H16ClN3O/c1-8(2)16-11(7-15-17)9(3)10-4-5-12(13)14-6-10/h4-9,17H,1-3H3. The molecule has 1 N–H and O–H groups in total. The fraction of sp³-hybridized carbons (Fsp3) is 0.417. The van der Waals surface area contributed by atoms with Gasteiger partial charge in [-0.25, -0.2) is 4.98 Å². The lowest BCUT2D eigenvalue weighted by atomic mass is 9.98. The number of aliphatic imine (C=N–C) groups is 1. The zero-order valence-electron chi connectivity index (χ0n) is 10.1. The number of hydrogen-bond donors (Lipinski definition) is 1. The Morgan fingerprint density at radius 2 is 2.12 bits per heavy atom. The van der Waals surface area contributed by atoms with Crippen molar-refractivity contribution in [2.75, 3.05) is 0 Å².